The van der Waals surface area contributed by atoms with Crippen LogP contribution in [0.5, 0.6) is 0 Å². The predicted octanol–water partition coefficient (Wildman–Crippen LogP) is 2.42. The fourth-order valence-electron chi connectivity index (χ4n) is 2.47. The molecule has 1 aliphatic carbocycles. The van der Waals surface area contributed by atoms with Gasteiger partial charge in [-0.15, -0.1) is 0 Å². The first-order valence-corrected chi connectivity index (χ1v) is 6.68. The molecule has 20 heavy (non-hydrogen) atoms. The van der Waals surface area contributed by atoms with Crippen LogP contribution < -0.4 is 5.32 Å². The van der Waals surface area contributed by atoms with Crippen molar-refractivity contribution in [1.82, 2.24) is 5.32 Å². The van der Waals surface area contributed by atoms with E-state index in [1.54, 1.807) is 6.92 Å². The number of carbonyl (C=O) groups excluding carboxylic acids is 2. The summed E-state index contributed by atoms with van der Waals surface area (Å²) in [6.45, 7) is 1.55. The fraction of sp³-hybridized carbons (Fsp3) is 0.846. The largest absolute Gasteiger partial charge is 0.469 e. The van der Waals surface area contributed by atoms with Gasteiger partial charge in [0.15, 0.2) is 0 Å². The molecule has 0 heterocycles. The lowest BCUT2D eigenvalue weighted by Crippen LogP contribution is -2.42. The maximum Gasteiger partial charge on any atom is 0.391 e. The summed E-state index contributed by atoms with van der Waals surface area (Å²) in [5, 5.41) is 2.58. The van der Waals surface area contributed by atoms with Crippen molar-refractivity contribution in [3.8, 4) is 0 Å². The molecule has 1 amide bonds. The molecule has 116 valence electrons. The number of methoxy groups -OCH3 is 1. The lowest BCUT2D eigenvalue weighted by atomic mass is 9.85. The van der Waals surface area contributed by atoms with Gasteiger partial charge in [0.2, 0.25) is 5.91 Å². The fourth-order valence-corrected chi connectivity index (χ4v) is 2.47. The van der Waals surface area contributed by atoms with Gasteiger partial charge >= 0.3 is 12.1 Å². The molecule has 1 fully saturated rings. The van der Waals surface area contributed by atoms with Crippen LogP contribution in [0, 0.1) is 11.8 Å². The minimum atomic E-state index is -4.21. The average molecular weight is 295 g/mol. The molecular formula is C13H20F3NO3. The first-order chi connectivity index (χ1) is 9.24. The zero-order valence-electron chi connectivity index (χ0n) is 11.6. The highest BCUT2D eigenvalue weighted by molar-refractivity contribution is 5.82. The van der Waals surface area contributed by atoms with Crippen LogP contribution in [0.4, 0.5) is 13.2 Å². The molecule has 0 bridgehead atoms. The van der Waals surface area contributed by atoms with Gasteiger partial charge in [-0.05, 0) is 19.3 Å². The molecule has 0 aromatic rings. The molecular weight excluding hydrogens is 275 g/mol. The summed E-state index contributed by atoms with van der Waals surface area (Å²) < 4.78 is 42.4. The topological polar surface area (TPSA) is 55.4 Å². The van der Waals surface area contributed by atoms with Crippen molar-refractivity contribution < 1.29 is 27.5 Å². The minimum Gasteiger partial charge on any atom is -0.469 e. The first kappa shape index (κ1) is 16.8. The van der Waals surface area contributed by atoms with Crippen LogP contribution in [0.3, 0.4) is 0 Å². The second-order valence-corrected chi connectivity index (χ2v) is 5.30. The van der Waals surface area contributed by atoms with E-state index in [9.17, 15) is 22.8 Å². The molecule has 0 aliphatic heterocycles. The maximum atomic E-state index is 12.6. The second-order valence-electron chi connectivity index (χ2n) is 5.30. The van der Waals surface area contributed by atoms with E-state index in [2.05, 4.69) is 10.1 Å². The van der Waals surface area contributed by atoms with Gasteiger partial charge in [-0.3, -0.25) is 9.59 Å². The Hall–Kier alpha value is -1.27. The van der Waals surface area contributed by atoms with Crippen molar-refractivity contribution in [3.05, 3.63) is 0 Å². The van der Waals surface area contributed by atoms with Crippen molar-refractivity contribution in [2.24, 2.45) is 11.8 Å². The Morgan fingerprint density at radius 3 is 2.55 bits per heavy atom. The third-order valence-electron chi connectivity index (χ3n) is 3.60. The smallest absolute Gasteiger partial charge is 0.391 e. The number of alkyl halides is 3. The molecule has 3 unspecified atom stereocenters. The number of halogens is 3. The Kier molecular flexibility index (Phi) is 5.83. The van der Waals surface area contributed by atoms with E-state index < -0.39 is 35.9 Å². The van der Waals surface area contributed by atoms with Crippen molar-refractivity contribution in [1.29, 1.82) is 0 Å². The Morgan fingerprint density at radius 2 is 2.00 bits per heavy atom. The number of hydrogen-bond acceptors (Lipinski definition) is 3. The molecule has 0 spiro atoms. The molecule has 1 aliphatic rings. The lowest BCUT2D eigenvalue weighted by Gasteiger charge is -2.31. The van der Waals surface area contributed by atoms with Crippen LogP contribution in [0.1, 0.15) is 39.0 Å². The van der Waals surface area contributed by atoms with E-state index in [0.29, 0.717) is 12.8 Å². The SMILES string of the molecule is COC(=O)C(C)CC(=O)NC1CCCC(C(F)(F)F)C1. The van der Waals surface area contributed by atoms with E-state index in [4.69, 9.17) is 0 Å². The molecule has 3 atom stereocenters. The Labute approximate surface area is 116 Å². The van der Waals surface area contributed by atoms with E-state index in [1.165, 1.54) is 7.11 Å². The second kappa shape index (κ2) is 6.95. The highest BCUT2D eigenvalue weighted by Gasteiger charge is 2.42. The normalized spacial score (nSPS) is 24.9. The quantitative estimate of drug-likeness (QED) is 0.810. The Morgan fingerprint density at radius 1 is 1.35 bits per heavy atom. The number of carbonyl (C=O) groups is 2. The molecule has 0 radical (unpaired) electrons. The Balaban J connectivity index is 2.44. The number of amides is 1. The number of rotatable bonds is 4. The standard InChI is InChI=1S/C13H20F3NO3/c1-8(12(19)20-2)6-11(18)17-10-5-3-4-9(7-10)13(14,15)16/h8-10H,3-7H2,1-2H3,(H,17,18). The number of ether oxygens (including phenoxy) is 1. The van der Waals surface area contributed by atoms with E-state index >= 15 is 0 Å². The molecule has 7 heteroatoms. The number of esters is 1. The van der Waals surface area contributed by atoms with Crippen LogP contribution in [0.25, 0.3) is 0 Å². The van der Waals surface area contributed by atoms with Gasteiger partial charge in [0, 0.05) is 12.5 Å². The van der Waals surface area contributed by atoms with Gasteiger partial charge in [-0.2, -0.15) is 13.2 Å². The molecule has 0 aromatic heterocycles. The van der Waals surface area contributed by atoms with E-state index in [0.717, 1.165) is 0 Å². The van der Waals surface area contributed by atoms with Crippen molar-refractivity contribution in [2.75, 3.05) is 7.11 Å². The summed E-state index contributed by atoms with van der Waals surface area (Å²) >= 11 is 0. The highest BCUT2D eigenvalue weighted by atomic mass is 19.4. The zero-order valence-corrected chi connectivity index (χ0v) is 11.6. The molecule has 1 rings (SSSR count). The monoisotopic (exact) mass is 295 g/mol. The maximum absolute atomic E-state index is 12.6. The third-order valence-corrected chi connectivity index (χ3v) is 3.60. The first-order valence-electron chi connectivity index (χ1n) is 6.68. The van der Waals surface area contributed by atoms with E-state index in [-0.39, 0.29) is 19.3 Å². The van der Waals surface area contributed by atoms with Crippen molar-refractivity contribution in [3.63, 3.8) is 0 Å². The van der Waals surface area contributed by atoms with Crippen LogP contribution >= 0.6 is 0 Å². The van der Waals surface area contributed by atoms with Crippen LogP contribution in [-0.4, -0.2) is 31.2 Å². The average Bonchev–Trinajstić information content (AvgIpc) is 2.36. The lowest BCUT2D eigenvalue weighted by molar-refractivity contribution is -0.184. The highest BCUT2D eigenvalue weighted by Crippen LogP contribution is 2.37. The Bertz CT molecular complexity index is 357. The van der Waals surface area contributed by atoms with Gasteiger partial charge in [-0.25, -0.2) is 0 Å². The summed E-state index contributed by atoms with van der Waals surface area (Å²) in [5.74, 6) is -2.85. The number of nitrogens with one attached hydrogen (secondary N) is 1. The molecule has 0 saturated heterocycles. The van der Waals surface area contributed by atoms with Gasteiger partial charge < -0.3 is 10.1 Å². The van der Waals surface area contributed by atoms with Crippen molar-refractivity contribution >= 4 is 11.9 Å². The van der Waals surface area contributed by atoms with E-state index in [1.807, 2.05) is 0 Å². The van der Waals surface area contributed by atoms with Crippen LogP contribution in [-0.2, 0) is 14.3 Å². The molecule has 1 saturated carbocycles. The van der Waals surface area contributed by atoms with Gasteiger partial charge in [0.1, 0.15) is 0 Å². The van der Waals surface area contributed by atoms with Crippen LogP contribution in [0.2, 0.25) is 0 Å². The molecule has 1 N–H and O–H groups in total. The number of hydrogen-bond donors (Lipinski definition) is 1. The summed E-state index contributed by atoms with van der Waals surface area (Å²) in [4.78, 5) is 22.9. The minimum absolute atomic E-state index is 0.0696. The predicted molar refractivity (Wildman–Crippen MR) is 65.7 cm³/mol. The summed E-state index contributed by atoms with van der Waals surface area (Å²) in [6, 6.07) is -0.465. The van der Waals surface area contributed by atoms with Gasteiger partial charge in [0.25, 0.3) is 0 Å². The van der Waals surface area contributed by atoms with Crippen LogP contribution in [0.15, 0.2) is 0 Å². The molecule has 4 nitrogen and oxygen atoms in total. The summed E-state index contributed by atoms with van der Waals surface area (Å²) in [5.41, 5.74) is 0. The summed E-state index contributed by atoms with van der Waals surface area (Å²) in [7, 11) is 1.23. The van der Waals surface area contributed by atoms with Gasteiger partial charge in [0.05, 0.1) is 18.9 Å². The third kappa shape index (κ3) is 5.02. The molecule has 0 aromatic carbocycles. The van der Waals surface area contributed by atoms with Crippen molar-refractivity contribution in [2.45, 2.75) is 51.2 Å². The zero-order chi connectivity index (χ0) is 15.3. The summed E-state index contributed by atoms with van der Waals surface area (Å²) in [6.07, 6.45) is -3.24. The van der Waals surface area contributed by atoms with Gasteiger partial charge in [-0.1, -0.05) is 13.3 Å².